The zero-order valence-electron chi connectivity index (χ0n) is 11.0. The molecule has 0 bridgehead atoms. The highest BCUT2D eigenvalue weighted by atomic mass is 127. The Kier molecular flexibility index (Phi) is 3.56. The van der Waals surface area contributed by atoms with E-state index in [0.29, 0.717) is 10.1 Å². The van der Waals surface area contributed by atoms with Crippen molar-refractivity contribution in [2.75, 3.05) is 0 Å². The first-order chi connectivity index (χ1) is 9.66. The molecule has 0 atom stereocenters. The van der Waals surface area contributed by atoms with Gasteiger partial charge in [-0.25, -0.2) is 4.98 Å². The Morgan fingerprint density at radius 2 is 1.90 bits per heavy atom. The van der Waals surface area contributed by atoms with Gasteiger partial charge in [0.05, 0.1) is 10.1 Å². The zero-order chi connectivity index (χ0) is 14.1. The number of aromatic nitrogens is 2. The lowest BCUT2D eigenvalue weighted by atomic mass is 10.0. The van der Waals surface area contributed by atoms with Gasteiger partial charge in [0.25, 0.3) is 5.56 Å². The number of rotatable bonds is 2. The van der Waals surface area contributed by atoms with Crippen LogP contribution in [0.5, 0.6) is 0 Å². The zero-order valence-corrected chi connectivity index (χ0v) is 13.2. The summed E-state index contributed by atoms with van der Waals surface area (Å²) in [6.45, 7) is 2.42. The van der Waals surface area contributed by atoms with Gasteiger partial charge >= 0.3 is 0 Å². The maximum atomic E-state index is 12.2. The van der Waals surface area contributed by atoms with Crippen molar-refractivity contribution < 1.29 is 0 Å². The highest BCUT2D eigenvalue weighted by Gasteiger charge is 2.08. The lowest BCUT2D eigenvalue weighted by Crippen LogP contribution is -2.26. The molecule has 0 unspecified atom stereocenters. The molecular formula is C16H13IN2O. The van der Waals surface area contributed by atoms with Gasteiger partial charge in [0.15, 0.2) is 0 Å². The van der Waals surface area contributed by atoms with Gasteiger partial charge in [-0.15, -0.1) is 0 Å². The third-order valence-electron chi connectivity index (χ3n) is 3.41. The summed E-state index contributed by atoms with van der Waals surface area (Å²) in [5.74, 6) is 0.739. The van der Waals surface area contributed by atoms with E-state index >= 15 is 0 Å². The van der Waals surface area contributed by atoms with Crippen LogP contribution in [0.2, 0.25) is 0 Å². The minimum Gasteiger partial charge on any atom is -0.291 e. The summed E-state index contributed by atoms with van der Waals surface area (Å²) in [4.78, 5) is 16.5. The SMILES string of the molecule is Cc1ncc(I)c(=O)n1Cc1cccc2ccccc12. The molecule has 1 aromatic heterocycles. The second kappa shape index (κ2) is 5.36. The lowest BCUT2D eigenvalue weighted by molar-refractivity contribution is 0.698. The van der Waals surface area contributed by atoms with E-state index in [9.17, 15) is 4.79 Å². The summed E-state index contributed by atoms with van der Waals surface area (Å²) in [7, 11) is 0. The van der Waals surface area contributed by atoms with Crippen molar-refractivity contribution in [2.45, 2.75) is 13.5 Å². The second-order valence-electron chi connectivity index (χ2n) is 4.68. The van der Waals surface area contributed by atoms with Gasteiger partial charge in [-0.1, -0.05) is 42.5 Å². The van der Waals surface area contributed by atoms with Crippen molar-refractivity contribution >= 4 is 33.4 Å². The molecule has 0 fully saturated rings. The van der Waals surface area contributed by atoms with Gasteiger partial charge in [-0.2, -0.15) is 0 Å². The number of nitrogens with zero attached hydrogens (tertiary/aromatic N) is 2. The van der Waals surface area contributed by atoms with Gasteiger partial charge in [0, 0.05) is 6.20 Å². The Morgan fingerprint density at radius 1 is 1.15 bits per heavy atom. The molecular weight excluding hydrogens is 363 g/mol. The van der Waals surface area contributed by atoms with Crippen LogP contribution in [0.25, 0.3) is 10.8 Å². The molecule has 4 heteroatoms. The van der Waals surface area contributed by atoms with Crippen molar-refractivity contribution in [3.05, 3.63) is 74.0 Å². The average molecular weight is 376 g/mol. The lowest BCUT2D eigenvalue weighted by Gasteiger charge is -2.11. The summed E-state index contributed by atoms with van der Waals surface area (Å²) in [6.07, 6.45) is 1.62. The van der Waals surface area contributed by atoms with E-state index in [2.05, 4.69) is 29.2 Å². The van der Waals surface area contributed by atoms with Crippen LogP contribution in [0.15, 0.2) is 53.5 Å². The Balaban J connectivity index is 2.15. The third kappa shape index (κ3) is 2.35. The van der Waals surface area contributed by atoms with Crippen LogP contribution < -0.4 is 5.56 Å². The quantitative estimate of drug-likeness (QED) is 0.643. The van der Waals surface area contributed by atoms with E-state index < -0.39 is 0 Å². The van der Waals surface area contributed by atoms with Crippen LogP contribution in [-0.2, 0) is 6.54 Å². The van der Waals surface area contributed by atoms with Crippen LogP contribution >= 0.6 is 22.6 Å². The maximum Gasteiger partial charge on any atom is 0.267 e. The Labute approximate surface area is 130 Å². The van der Waals surface area contributed by atoms with E-state index in [4.69, 9.17) is 0 Å². The molecule has 3 rings (SSSR count). The first kappa shape index (κ1) is 13.3. The molecule has 0 aliphatic heterocycles. The van der Waals surface area contributed by atoms with Crippen molar-refractivity contribution in [3.63, 3.8) is 0 Å². The van der Waals surface area contributed by atoms with Crippen LogP contribution in [0.3, 0.4) is 0 Å². The van der Waals surface area contributed by atoms with Gasteiger partial charge in [0.2, 0.25) is 0 Å². The molecule has 0 amide bonds. The van der Waals surface area contributed by atoms with Crippen LogP contribution in [0.4, 0.5) is 0 Å². The number of halogens is 1. The molecule has 0 saturated heterocycles. The molecule has 0 radical (unpaired) electrons. The fourth-order valence-corrected chi connectivity index (χ4v) is 2.77. The molecule has 2 aromatic carbocycles. The Morgan fingerprint density at radius 3 is 2.75 bits per heavy atom. The Bertz CT molecular complexity index is 834. The number of aryl methyl sites for hydroxylation is 1. The number of hydrogen-bond acceptors (Lipinski definition) is 2. The van der Waals surface area contributed by atoms with Gasteiger partial charge < -0.3 is 0 Å². The number of hydrogen-bond donors (Lipinski definition) is 0. The molecule has 0 aliphatic rings. The maximum absolute atomic E-state index is 12.2. The summed E-state index contributed by atoms with van der Waals surface area (Å²) in [5.41, 5.74) is 1.16. The summed E-state index contributed by atoms with van der Waals surface area (Å²) >= 11 is 2.03. The van der Waals surface area contributed by atoms with Crippen LogP contribution in [0, 0.1) is 10.5 Å². The third-order valence-corrected chi connectivity index (χ3v) is 4.15. The van der Waals surface area contributed by atoms with Crippen molar-refractivity contribution in [1.29, 1.82) is 0 Å². The van der Waals surface area contributed by atoms with Crippen molar-refractivity contribution in [3.8, 4) is 0 Å². The molecule has 3 nitrogen and oxygen atoms in total. The number of fused-ring (bicyclic) bond motifs is 1. The minimum atomic E-state index is 0.0195. The van der Waals surface area contributed by atoms with E-state index in [0.717, 1.165) is 11.4 Å². The molecule has 1 heterocycles. The van der Waals surface area contributed by atoms with Crippen molar-refractivity contribution in [1.82, 2.24) is 9.55 Å². The Hall–Kier alpha value is -1.69. The summed E-state index contributed by atoms with van der Waals surface area (Å²) in [6, 6.07) is 14.4. The van der Waals surface area contributed by atoms with E-state index in [1.54, 1.807) is 10.8 Å². The average Bonchev–Trinajstić information content (AvgIpc) is 2.48. The minimum absolute atomic E-state index is 0.0195. The molecule has 0 spiro atoms. The summed E-state index contributed by atoms with van der Waals surface area (Å²) < 4.78 is 2.37. The number of benzene rings is 2. The van der Waals surface area contributed by atoms with Gasteiger partial charge in [-0.3, -0.25) is 9.36 Å². The van der Waals surface area contributed by atoms with Crippen LogP contribution in [0.1, 0.15) is 11.4 Å². The highest BCUT2D eigenvalue weighted by Crippen LogP contribution is 2.19. The molecule has 0 N–H and O–H groups in total. The predicted molar refractivity (Wildman–Crippen MR) is 89.0 cm³/mol. The first-order valence-electron chi connectivity index (χ1n) is 6.35. The largest absolute Gasteiger partial charge is 0.291 e. The van der Waals surface area contributed by atoms with E-state index in [1.807, 2.05) is 47.7 Å². The fourth-order valence-electron chi connectivity index (χ4n) is 2.34. The van der Waals surface area contributed by atoms with Crippen LogP contribution in [-0.4, -0.2) is 9.55 Å². The standard InChI is InChI=1S/C16H13IN2O/c1-11-18-9-15(17)16(20)19(11)10-13-7-4-6-12-5-2-3-8-14(12)13/h2-9H,10H2,1H3. The smallest absolute Gasteiger partial charge is 0.267 e. The molecule has 100 valence electrons. The second-order valence-corrected chi connectivity index (χ2v) is 5.85. The fraction of sp³-hybridized carbons (Fsp3) is 0.125. The molecule has 0 aliphatic carbocycles. The monoisotopic (exact) mass is 376 g/mol. The molecule has 0 saturated carbocycles. The highest BCUT2D eigenvalue weighted by molar-refractivity contribution is 14.1. The molecule has 20 heavy (non-hydrogen) atoms. The van der Waals surface area contributed by atoms with Gasteiger partial charge in [-0.05, 0) is 45.9 Å². The van der Waals surface area contributed by atoms with E-state index in [1.165, 1.54) is 10.8 Å². The predicted octanol–water partition coefficient (Wildman–Crippen LogP) is 3.36. The van der Waals surface area contributed by atoms with Crippen molar-refractivity contribution in [2.24, 2.45) is 0 Å². The van der Waals surface area contributed by atoms with Gasteiger partial charge in [0.1, 0.15) is 5.82 Å². The topological polar surface area (TPSA) is 34.9 Å². The molecule has 3 aromatic rings. The summed E-state index contributed by atoms with van der Waals surface area (Å²) in [5, 5.41) is 2.37. The van der Waals surface area contributed by atoms with E-state index in [-0.39, 0.29) is 5.56 Å². The first-order valence-corrected chi connectivity index (χ1v) is 7.43. The normalized spacial score (nSPS) is 10.9.